The van der Waals surface area contributed by atoms with Gasteiger partial charge in [0.1, 0.15) is 0 Å². The number of hydrogen-bond donors (Lipinski definition) is 2. The van der Waals surface area contributed by atoms with Crippen LogP contribution in [0.2, 0.25) is 0 Å². The number of rotatable bonds is 4. The molecule has 6 heteroatoms. The maximum absolute atomic E-state index is 12.4. The average Bonchev–Trinajstić information content (AvgIpc) is 3.18. The summed E-state index contributed by atoms with van der Waals surface area (Å²) in [5, 5.41) is 14.0. The monoisotopic (exact) mass is 330 g/mol. The largest absolute Gasteiger partial charge is 0.481 e. The van der Waals surface area contributed by atoms with Crippen LogP contribution in [0.5, 0.6) is 0 Å². The van der Waals surface area contributed by atoms with Gasteiger partial charge in [0.15, 0.2) is 0 Å². The lowest BCUT2D eigenvalue weighted by Gasteiger charge is -2.14. The van der Waals surface area contributed by atoms with E-state index >= 15 is 0 Å². The van der Waals surface area contributed by atoms with E-state index < -0.39 is 5.97 Å². The molecule has 1 saturated carbocycles. The highest BCUT2D eigenvalue weighted by Gasteiger charge is 2.30. The number of amides is 1. The molecule has 0 spiro atoms. The number of carbonyl (C=O) groups is 2. The van der Waals surface area contributed by atoms with Gasteiger partial charge in [0.25, 0.3) is 5.91 Å². The standard InChI is InChI=1S/C17H18N2O3S/c1-10-13(6-7-14(18-10)15-3-2-8-23-15)16(20)19-12-5-4-11(9-12)17(21)22/h2-3,6-8,11-12H,4-5,9H2,1H3,(H,19,20)(H,21,22)/t11-,12+/m1/s1. The summed E-state index contributed by atoms with van der Waals surface area (Å²) in [4.78, 5) is 29.0. The van der Waals surface area contributed by atoms with E-state index in [9.17, 15) is 9.59 Å². The van der Waals surface area contributed by atoms with Crippen LogP contribution in [0, 0.1) is 12.8 Å². The van der Waals surface area contributed by atoms with Crippen molar-refractivity contribution in [1.82, 2.24) is 10.3 Å². The average molecular weight is 330 g/mol. The molecule has 1 aliphatic carbocycles. The van der Waals surface area contributed by atoms with Gasteiger partial charge in [-0.15, -0.1) is 11.3 Å². The van der Waals surface area contributed by atoms with E-state index in [1.165, 1.54) is 0 Å². The Morgan fingerprint density at radius 3 is 2.74 bits per heavy atom. The van der Waals surface area contributed by atoms with Gasteiger partial charge < -0.3 is 10.4 Å². The molecule has 120 valence electrons. The van der Waals surface area contributed by atoms with Crippen LogP contribution in [0.25, 0.3) is 10.6 Å². The summed E-state index contributed by atoms with van der Waals surface area (Å²) in [5.41, 5.74) is 2.09. The number of nitrogens with zero attached hydrogens (tertiary/aromatic N) is 1. The first kappa shape index (κ1) is 15.7. The first-order chi connectivity index (χ1) is 11.0. The van der Waals surface area contributed by atoms with Crippen LogP contribution in [-0.2, 0) is 4.79 Å². The molecule has 2 atom stereocenters. The van der Waals surface area contributed by atoms with Gasteiger partial charge in [-0.3, -0.25) is 14.6 Å². The van der Waals surface area contributed by atoms with Crippen molar-refractivity contribution < 1.29 is 14.7 Å². The van der Waals surface area contributed by atoms with Gasteiger partial charge in [0.2, 0.25) is 0 Å². The zero-order valence-electron chi connectivity index (χ0n) is 12.8. The number of thiophene rings is 1. The molecule has 1 aliphatic rings. The minimum Gasteiger partial charge on any atom is -0.481 e. The molecule has 23 heavy (non-hydrogen) atoms. The predicted molar refractivity (Wildman–Crippen MR) is 88.5 cm³/mol. The maximum Gasteiger partial charge on any atom is 0.306 e. The number of pyridine rings is 1. The van der Waals surface area contributed by atoms with Gasteiger partial charge in [-0.05, 0) is 49.8 Å². The lowest BCUT2D eigenvalue weighted by Crippen LogP contribution is -2.33. The summed E-state index contributed by atoms with van der Waals surface area (Å²) in [6.45, 7) is 1.82. The minimum atomic E-state index is -0.778. The molecule has 0 aliphatic heterocycles. The Bertz CT molecular complexity index is 727. The Balaban J connectivity index is 1.69. The predicted octanol–water partition coefficient (Wildman–Crippen LogP) is 3.10. The van der Waals surface area contributed by atoms with E-state index in [4.69, 9.17) is 5.11 Å². The molecular weight excluding hydrogens is 312 g/mol. The summed E-state index contributed by atoms with van der Waals surface area (Å²) < 4.78 is 0. The first-order valence-electron chi connectivity index (χ1n) is 7.60. The lowest BCUT2D eigenvalue weighted by molar-refractivity contribution is -0.141. The van der Waals surface area contributed by atoms with Gasteiger partial charge in [-0.1, -0.05) is 6.07 Å². The van der Waals surface area contributed by atoms with Crippen LogP contribution in [0.4, 0.5) is 0 Å². The fourth-order valence-electron chi connectivity index (χ4n) is 2.96. The summed E-state index contributed by atoms with van der Waals surface area (Å²) in [7, 11) is 0. The molecule has 0 aromatic carbocycles. The van der Waals surface area contributed by atoms with Gasteiger partial charge in [-0.25, -0.2) is 0 Å². The van der Waals surface area contributed by atoms with Crippen LogP contribution in [0.3, 0.4) is 0 Å². The Morgan fingerprint density at radius 2 is 2.13 bits per heavy atom. The van der Waals surface area contributed by atoms with Crippen LogP contribution >= 0.6 is 11.3 Å². The van der Waals surface area contributed by atoms with E-state index in [1.54, 1.807) is 17.4 Å². The van der Waals surface area contributed by atoms with Crippen LogP contribution < -0.4 is 5.32 Å². The van der Waals surface area contributed by atoms with Crippen LogP contribution in [0.1, 0.15) is 35.3 Å². The van der Waals surface area contributed by atoms with Crippen molar-refractivity contribution in [1.29, 1.82) is 0 Å². The minimum absolute atomic E-state index is 0.0695. The van der Waals surface area contributed by atoms with Crippen molar-refractivity contribution in [3.05, 3.63) is 40.9 Å². The van der Waals surface area contributed by atoms with Crippen molar-refractivity contribution in [3.8, 4) is 10.6 Å². The van der Waals surface area contributed by atoms with Crippen LogP contribution in [0.15, 0.2) is 29.6 Å². The van der Waals surface area contributed by atoms with Crippen LogP contribution in [-0.4, -0.2) is 28.0 Å². The SMILES string of the molecule is Cc1nc(-c2cccs2)ccc1C(=O)N[C@H]1CC[C@@H](C(=O)O)C1. The zero-order chi connectivity index (χ0) is 16.4. The third-order valence-corrected chi connectivity index (χ3v) is 5.11. The summed E-state index contributed by atoms with van der Waals surface area (Å²) >= 11 is 1.61. The molecule has 0 unspecified atom stereocenters. The molecule has 0 saturated heterocycles. The molecule has 2 aromatic rings. The zero-order valence-corrected chi connectivity index (χ0v) is 13.6. The number of hydrogen-bond acceptors (Lipinski definition) is 4. The number of aliphatic carboxylic acids is 1. The van der Waals surface area contributed by atoms with E-state index in [1.807, 2.05) is 30.5 Å². The molecule has 1 fully saturated rings. The van der Waals surface area contributed by atoms with Gasteiger partial charge >= 0.3 is 5.97 Å². The Kier molecular flexibility index (Phi) is 4.43. The molecule has 2 aromatic heterocycles. The number of nitrogens with one attached hydrogen (secondary N) is 1. The Hall–Kier alpha value is -2.21. The second kappa shape index (κ2) is 6.50. The normalized spacial score (nSPS) is 20.4. The molecular formula is C17H18N2O3S. The molecule has 0 bridgehead atoms. The Labute approximate surface area is 138 Å². The number of carbonyl (C=O) groups excluding carboxylic acids is 1. The van der Waals surface area contributed by atoms with E-state index in [2.05, 4.69) is 10.3 Å². The first-order valence-corrected chi connectivity index (χ1v) is 8.47. The van der Waals surface area contributed by atoms with Crippen molar-refractivity contribution in [2.45, 2.75) is 32.2 Å². The molecule has 1 amide bonds. The van der Waals surface area contributed by atoms with Crippen molar-refractivity contribution in [3.63, 3.8) is 0 Å². The third kappa shape index (κ3) is 3.42. The number of aromatic nitrogens is 1. The molecule has 0 radical (unpaired) electrons. The fraction of sp³-hybridized carbons (Fsp3) is 0.353. The van der Waals surface area contributed by atoms with E-state index in [0.717, 1.165) is 10.6 Å². The summed E-state index contributed by atoms with van der Waals surface area (Å²) in [5.74, 6) is -1.30. The second-order valence-corrected chi connectivity index (χ2v) is 6.77. The summed E-state index contributed by atoms with van der Waals surface area (Å²) in [6, 6.07) is 7.53. The fourth-order valence-corrected chi connectivity index (χ4v) is 3.66. The number of carboxylic acids is 1. The van der Waals surface area contributed by atoms with Gasteiger partial charge in [-0.2, -0.15) is 0 Å². The third-order valence-electron chi connectivity index (χ3n) is 4.22. The molecule has 5 nitrogen and oxygen atoms in total. The van der Waals surface area contributed by atoms with E-state index in [-0.39, 0.29) is 17.9 Å². The molecule has 3 rings (SSSR count). The second-order valence-electron chi connectivity index (χ2n) is 5.83. The Morgan fingerprint density at radius 1 is 1.30 bits per heavy atom. The van der Waals surface area contributed by atoms with Crippen molar-refractivity contribution >= 4 is 23.2 Å². The van der Waals surface area contributed by atoms with Crippen molar-refractivity contribution in [2.24, 2.45) is 5.92 Å². The molecule has 2 heterocycles. The molecule has 2 N–H and O–H groups in total. The summed E-state index contributed by atoms with van der Waals surface area (Å²) in [6.07, 6.45) is 1.83. The van der Waals surface area contributed by atoms with Crippen molar-refractivity contribution in [2.75, 3.05) is 0 Å². The lowest BCUT2D eigenvalue weighted by atomic mass is 10.1. The smallest absolute Gasteiger partial charge is 0.306 e. The quantitative estimate of drug-likeness (QED) is 0.903. The maximum atomic E-state index is 12.4. The number of carboxylic acid groups (broad SMARTS) is 1. The topological polar surface area (TPSA) is 79.3 Å². The van der Waals surface area contributed by atoms with E-state index in [0.29, 0.717) is 30.5 Å². The number of aryl methyl sites for hydroxylation is 1. The highest BCUT2D eigenvalue weighted by Crippen LogP contribution is 2.27. The highest BCUT2D eigenvalue weighted by atomic mass is 32.1. The highest BCUT2D eigenvalue weighted by molar-refractivity contribution is 7.13. The van der Waals surface area contributed by atoms with Gasteiger partial charge in [0, 0.05) is 6.04 Å². The van der Waals surface area contributed by atoms with Gasteiger partial charge in [0.05, 0.1) is 27.7 Å².